The zero-order chi connectivity index (χ0) is 32.2. The Kier molecular flexibility index (Phi) is 6.97. The van der Waals surface area contributed by atoms with E-state index < -0.39 is 7.12 Å². The van der Waals surface area contributed by atoms with Gasteiger partial charge in [-0.25, -0.2) is 15.0 Å². The molecular formula is C40H33BN4O2. The van der Waals surface area contributed by atoms with Crippen molar-refractivity contribution in [2.45, 2.75) is 38.9 Å². The summed E-state index contributed by atoms with van der Waals surface area (Å²) in [4.78, 5) is 19.7. The van der Waals surface area contributed by atoms with E-state index in [9.17, 15) is 0 Å². The van der Waals surface area contributed by atoms with Crippen LogP contribution >= 0.6 is 0 Å². The molecule has 8 rings (SSSR count). The SMILES string of the molecule is CC1(C)OB(c2ccc(-c3ccc(-c4nc(-c5ccc6ccccc6c5)nc(-c5ccc6ccccc6c5)n4)cn3)cc2)OC1(C)C. The second-order valence-electron chi connectivity index (χ2n) is 13.1. The van der Waals surface area contributed by atoms with Crippen LogP contribution in [0.15, 0.2) is 128 Å². The fourth-order valence-electron chi connectivity index (χ4n) is 5.91. The molecule has 0 aliphatic carbocycles. The van der Waals surface area contributed by atoms with Crippen LogP contribution in [0.1, 0.15) is 27.7 Å². The molecule has 228 valence electrons. The highest BCUT2D eigenvalue weighted by atomic mass is 16.7. The zero-order valence-electron chi connectivity index (χ0n) is 26.8. The lowest BCUT2D eigenvalue weighted by atomic mass is 9.79. The summed E-state index contributed by atoms with van der Waals surface area (Å²) in [6.07, 6.45) is 1.83. The Bertz CT molecular complexity index is 2150. The van der Waals surface area contributed by atoms with Crippen molar-refractivity contribution in [2.75, 3.05) is 0 Å². The van der Waals surface area contributed by atoms with Crippen LogP contribution in [0, 0.1) is 0 Å². The molecule has 1 saturated heterocycles. The summed E-state index contributed by atoms with van der Waals surface area (Å²) in [7, 11) is -0.401. The van der Waals surface area contributed by atoms with Gasteiger partial charge in [-0.15, -0.1) is 0 Å². The third-order valence-electron chi connectivity index (χ3n) is 9.40. The lowest BCUT2D eigenvalue weighted by molar-refractivity contribution is 0.00578. The third kappa shape index (κ3) is 5.48. The lowest BCUT2D eigenvalue weighted by Crippen LogP contribution is -2.41. The molecule has 3 heterocycles. The fraction of sp³-hybridized carbons (Fsp3) is 0.150. The van der Waals surface area contributed by atoms with Gasteiger partial charge in [-0.1, -0.05) is 97.1 Å². The minimum Gasteiger partial charge on any atom is -0.399 e. The normalized spacial score (nSPS) is 15.4. The van der Waals surface area contributed by atoms with Crippen molar-refractivity contribution in [2.24, 2.45) is 0 Å². The van der Waals surface area contributed by atoms with Gasteiger partial charge in [0.05, 0.1) is 16.9 Å². The van der Waals surface area contributed by atoms with E-state index in [2.05, 4.69) is 100 Å². The molecule has 0 atom stereocenters. The molecule has 0 saturated carbocycles. The maximum Gasteiger partial charge on any atom is 0.494 e. The molecule has 7 aromatic rings. The van der Waals surface area contributed by atoms with Gasteiger partial charge in [-0.2, -0.15) is 0 Å². The number of nitrogens with zero attached hydrogens (tertiary/aromatic N) is 4. The highest BCUT2D eigenvalue weighted by Crippen LogP contribution is 2.36. The van der Waals surface area contributed by atoms with Gasteiger partial charge in [0, 0.05) is 28.5 Å². The van der Waals surface area contributed by atoms with Crippen molar-refractivity contribution in [3.8, 4) is 45.4 Å². The fourth-order valence-corrected chi connectivity index (χ4v) is 5.91. The topological polar surface area (TPSA) is 70.0 Å². The molecule has 0 bridgehead atoms. The summed E-state index contributed by atoms with van der Waals surface area (Å²) in [5.74, 6) is 1.80. The van der Waals surface area contributed by atoms with Crippen LogP contribution < -0.4 is 5.46 Å². The maximum absolute atomic E-state index is 6.23. The van der Waals surface area contributed by atoms with Gasteiger partial charge >= 0.3 is 7.12 Å². The Morgan fingerprint density at radius 2 is 0.915 bits per heavy atom. The molecular weight excluding hydrogens is 579 g/mol. The first-order chi connectivity index (χ1) is 22.7. The van der Waals surface area contributed by atoms with E-state index in [0.29, 0.717) is 17.5 Å². The lowest BCUT2D eigenvalue weighted by Gasteiger charge is -2.32. The minimum atomic E-state index is -0.401. The summed E-state index contributed by atoms with van der Waals surface area (Å²) in [6, 6.07) is 41.5. The third-order valence-corrected chi connectivity index (χ3v) is 9.40. The van der Waals surface area contributed by atoms with Gasteiger partial charge in [0.25, 0.3) is 0 Å². The molecule has 0 N–H and O–H groups in total. The molecule has 0 amide bonds. The standard InChI is InChI=1S/C40H33BN4O2/c1-39(2)40(3,4)47-41(46-39)34-20-17-28(18-21-34)35-22-19-33(25-42-35)38-44-36(31-15-13-26-9-5-7-11-29(26)23-31)43-37(45-38)32-16-14-27-10-6-8-12-30(27)24-32/h5-25H,1-4H3. The second-order valence-corrected chi connectivity index (χ2v) is 13.1. The molecule has 2 aromatic heterocycles. The first-order valence-electron chi connectivity index (χ1n) is 15.9. The largest absolute Gasteiger partial charge is 0.494 e. The van der Waals surface area contributed by atoms with Crippen LogP contribution in [0.3, 0.4) is 0 Å². The minimum absolute atomic E-state index is 0.384. The quantitative estimate of drug-likeness (QED) is 0.182. The second kappa shape index (κ2) is 11.2. The number of benzene rings is 5. The first-order valence-corrected chi connectivity index (χ1v) is 15.9. The van der Waals surface area contributed by atoms with Crippen LogP contribution in [0.4, 0.5) is 0 Å². The Morgan fingerprint density at radius 3 is 1.40 bits per heavy atom. The predicted molar refractivity (Wildman–Crippen MR) is 190 cm³/mol. The smallest absolute Gasteiger partial charge is 0.399 e. The van der Waals surface area contributed by atoms with Gasteiger partial charge < -0.3 is 9.31 Å². The first kappa shape index (κ1) is 29.2. The summed E-state index contributed by atoms with van der Waals surface area (Å²) in [6.45, 7) is 8.26. The highest BCUT2D eigenvalue weighted by molar-refractivity contribution is 6.62. The number of aromatic nitrogens is 4. The van der Waals surface area contributed by atoms with Crippen molar-refractivity contribution in [3.05, 3.63) is 128 Å². The molecule has 5 aromatic carbocycles. The van der Waals surface area contributed by atoms with Crippen LogP contribution in [0.25, 0.3) is 67.0 Å². The van der Waals surface area contributed by atoms with Gasteiger partial charge in [-0.05, 0) is 79.0 Å². The molecule has 6 nitrogen and oxygen atoms in total. The number of hydrogen-bond donors (Lipinski definition) is 0. The van der Waals surface area contributed by atoms with E-state index >= 15 is 0 Å². The van der Waals surface area contributed by atoms with Gasteiger partial charge in [0.15, 0.2) is 17.5 Å². The van der Waals surface area contributed by atoms with E-state index in [4.69, 9.17) is 29.2 Å². The number of fused-ring (bicyclic) bond motifs is 2. The van der Waals surface area contributed by atoms with E-state index in [0.717, 1.165) is 44.2 Å². The number of rotatable bonds is 5. The predicted octanol–water partition coefficient (Wildman–Crippen LogP) is 8.54. The zero-order valence-corrected chi connectivity index (χ0v) is 26.8. The van der Waals surface area contributed by atoms with Crippen molar-refractivity contribution in [1.82, 2.24) is 19.9 Å². The van der Waals surface area contributed by atoms with Crippen molar-refractivity contribution in [3.63, 3.8) is 0 Å². The Labute approximate surface area is 274 Å². The van der Waals surface area contributed by atoms with Gasteiger partial charge in [-0.3, -0.25) is 4.98 Å². The Hall–Kier alpha value is -5.24. The average molecular weight is 613 g/mol. The van der Waals surface area contributed by atoms with Crippen LogP contribution in [0.2, 0.25) is 0 Å². The summed E-state index contributed by atoms with van der Waals surface area (Å²) >= 11 is 0. The van der Waals surface area contributed by atoms with Crippen molar-refractivity contribution in [1.29, 1.82) is 0 Å². The van der Waals surface area contributed by atoms with Gasteiger partial charge in [0.1, 0.15) is 0 Å². The van der Waals surface area contributed by atoms with E-state index in [1.807, 2.05) is 54.7 Å². The molecule has 7 heteroatoms. The maximum atomic E-state index is 6.23. The van der Waals surface area contributed by atoms with E-state index in [1.54, 1.807) is 0 Å². The van der Waals surface area contributed by atoms with E-state index in [1.165, 1.54) is 10.8 Å². The Morgan fingerprint density at radius 1 is 0.468 bits per heavy atom. The van der Waals surface area contributed by atoms with Gasteiger partial charge in [0.2, 0.25) is 0 Å². The highest BCUT2D eigenvalue weighted by Gasteiger charge is 2.51. The molecule has 47 heavy (non-hydrogen) atoms. The van der Waals surface area contributed by atoms with E-state index in [-0.39, 0.29) is 11.2 Å². The monoisotopic (exact) mass is 612 g/mol. The van der Waals surface area contributed by atoms with Crippen LogP contribution in [0.5, 0.6) is 0 Å². The van der Waals surface area contributed by atoms with Crippen molar-refractivity contribution >= 4 is 34.1 Å². The summed E-state index contributed by atoms with van der Waals surface area (Å²) in [5, 5.41) is 4.61. The molecule has 1 aliphatic rings. The number of pyridine rings is 1. The molecule has 1 fully saturated rings. The van der Waals surface area contributed by atoms with Crippen molar-refractivity contribution < 1.29 is 9.31 Å². The average Bonchev–Trinajstić information content (AvgIpc) is 3.33. The molecule has 0 radical (unpaired) electrons. The van der Waals surface area contributed by atoms with Crippen LogP contribution in [-0.2, 0) is 9.31 Å². The Balaban J connectivity index is 1.14. The molecule has 0 unspecified atom stereocenters. The summed E-state index contributed by atoms with van der Waals surface area (Å²) < 4.78 is 12.5. The number of hydrogen-bond acceptors (Lipinski definition) is 6. The molecule has 1 aliphatic heterocycles. The van der Waals surface area contributed by atoms with Crippen LogP contribution in [-0.4, -0.2) is 38.3 Å². The molecule has 0 spiro atoms. The summed E-state index contributed by atoms with van der Waals surface area (Å²) in [5.41, 5.74) is 4.75.